The van der Waals surface area contributed by atoms with E-state index < -0.39 is 11.7 Å². The molecule has 23 heavy (non-hydrogen) atoms. The number of esters is 1. The Balaban J connectivity index is 1.93. The second-order valence-corrected chi connectivity index (χ2v) is 5.32. The Bertz CT molecular complexity index is 860. The first kappa shape index (κ1) is 13.6. The van der Waals surface area contributed by atoms with Gasteiger partial charge in [0.25, 0.3) is 5.72 Å². The number of carbonyl (C=O) groups is 2. The molecule has 0 aliphatic carbocycles. The van der Waals surface area contributed by atoms with Crippen molar-refractivity contribution in [1.82, 2.24) is 0 Å². The van der Waals surface area contributed by atoms with E-state index in [0.29, 0.717) is 33.9 Å². The minimum Gasteiger partial charge on any atom is -0.497 e. The van der Waals surface area contributed by atoms with E-state index in [0.717, 1.165) is 0 Å². The third-order valence-corrected chi connectivity index (χ3v) is 4.16. The Morgan fingerprint density at radius 3 is 2.61 bits per heavy atom. The number of ketones is 1. The van der Waals surface area contributed by atoms with Gasteiger partial charge in [-0.05, 0) is 6.07 Å². The number of ether oxygens (including phenoxy) is 3. The van der Waals surface area contributed by atoms with Crippen LogP contribution in [0, 0.1) is 0 Å². The molecule has 0 amide bonds. The van der Waals surface area contributed by atoms with Gasteiger partial charge in [0.05, 0.1) is 31.0 Å². The summed E-state index contributed by atoms with van der Waals surface area (Å²) in [5.74, 6) is 0.0233. The van der Waals surface area contributed by atoms with Crippen molar-refractivity contribution in [1.29, 1.82) is 0 Å². The quantitative estimate of drug-likeness (QED) is 0.858. The van der Waals surface area contributed by atoms with Gasteiger partial charge in [-0.3, -0.25) is 4.79 Å². The molecule has 6 nitrogen and oxygen atoms in total. The third kappa shape index (κ3) is 1.63. The first-order valence-electron chi connectivity index (χ1n) is 7.02. The van der Waals surface area contributed by atoms with Gasteiger partial charge in [0.2, 0.25) is 5.78 Å². The number of Topliss-reactive ketones (excluding diaryl/α,β-unsaturated/α-hetero) is 1. The van der Waals surface area contributed by atoms with Gasteiger partial charge >= 0.3 is 5.97 Å². The first-order valence-corrected chi connectivity index (χ1v) is 7.02. The predicted octanol–water partition coefficient (Wildman–Crippen LogP) is 2.34. The average Bonchev–Trinajstić information content (AvgIpc) is 3.02. The van der Waals surface area contributed by atoms with Crippen LogP contribution in [0.15, 0.2) is 36.4 Å². The van der Waals surface area contributed by atoms with Gasteiger partial charge in [0.1, 0.15) is 11.5 Å². The van der Waals surface area contributed by atoms with Gasteiger partial charge in [0.15, 0.2) is 0 Å². The molecule has 2 aromatic carbocycles. The predicted molar refractivity (Wildman–Crippen MR) is 81.0 cm³/mol. The topological polar surface area (TPSA) is 73.9 Å². The molecule has 1 N–H and O–H groups in total. The molecule has 0 radical (unpaired) electrons. The number of hydrogen-bond acceptors (Lipinski definition) is 6. The van der Waals surface area contributed by atoms with Crippen LogP contribution in [0.5, 0.6) is 11.5 Å². The molecule has 2 aromatic rings. The lowest BCUT2D eigenvalue weighted by atomic mass is 9.95. The van der Waals surface area contributed by atoms with Crippen LogP contribution in [0.4, 0.5) is 5.69 Å². The zero-order valence-corrected chi connectivity index (χ0v) is 12.5. The highest BCUT2D eigenvalue weighted by atomic mass is 16.6. The van der Waals surface area contributed by atoms with Crippen LogP contribution in [-0.2, 0) is 10.5 Å². The van der Waals surface area contributed by atoms with E-state index in [9.17, 15) is 9.59 Å². The molecule has 1 unspecified atom stereocenters. The molecular weight excluding hydrogens is 298 g/mol. The van der Waals surface area contributed by atoms with E-state index in [-0.39, 0.29) is 5.78 Å². The standard InChI is InChI=1S/C17H13NO5/c1-21-9-7-12-14(13(8-9)22-2)15(19)17(18-12)11-6-4-3-5-10(11)16(20)23-17/h3-8,18H,1-2H3. The highest BCUT2D eigenvalue weighted by molar-refractivity contribution is 6.18. The molecule has 0 aromatic heterocycles. The summed E-state index contributed by atoms with van der Waals surface area (Å²) in [4.78, 5) is 25.2. The number of nitrogens with one attached hydrogen (secondary N) is 1. The number of anilines is 1. The molecule has 4 rings (SSSR count). The Labute approximate surface area is 132 Å². The number of hydrogen-bond donors (Lipinski definition) is 1. The maximum absolute atomic E-state index is 13.0. The molecule has 6 heteroatoms. The summed E-state index contributed by atoms with van der Waals surface area (Å²) in [5.41, 5.74) is 0.211. The van der Waals surface area contributed by atoms with E-state index in [1.54, 1.807) is 36.4 Å². The second kappa shape index (κ2) is 4.49. The van der Waals surface area contributed by atoms with Crippen LogP contribution in [0.2, 0.25) is 0 Å². The van der Waals surface area contributed by atoms with E-state index >= 15 is 0 Å². The van der Waals surface area contributed by atoms with Gasteiger partial charge in [-0.15, -0.1) is 0 Å². The van der Waals surface area contributed by atoms with Gasteiger partial charge < -0.3 is 19.5 Å². The zero-order chi connectivity index (χ0) is 16.2. The smallest absolute Gasteiger partial charge is 0.341 e. The number of rotatable bonds is 2. The van der Waals surface area contributed by atoms with E-state index in [4.69, 9.17) is 14.2 Å². The van der Waals surface area contributed by atoms with Crippen molar-refractivity contribution in [3.05, 3.63) is 53.1 Å². The molecule has 116 valence electrons. The third-order valence-electron chi connectivity index (χ3n) is 4.16. The summed E-state index contributed by atoms with van der Waals surface area (Å²) in [7, 11) is 3.00. The van der Waals surface area contributed by atoms with Gasteiger partial charge in [-0.2, -0.15) is 0 Å². The van der Waals surface area contributed by atoms with E-state index in [1.165, 1.54) is 14.2 Å². The van der Waals surface area contributed by atoms with Gasteiger partial charge in [-0.1, -0.05) is 18.2 Å². The number of methoxy groups -OCH3 is 2. The maximum Gasteiger partial charge on any atom is 0.341 e. The Hall–Kier alpha value is -3.02. The second-order valence-electron chi connectivity index (χ2n) is 5.32. The van der Waals surface area contributed by atoms with Crippen molar-refractivity contribution >= 4 is 17.4 Å². The van der Waals surface area contributed by atoms with Crippen molar-refractivity contribution in [3.63, 3.8) is 0 Å². The van der Waals surface area contributed by atoms with Crippen LogP contribution >= 0.6 is 0 Å². The summed E-state index contributed by atoms with van der Waals surface area (Å²) in [6.45, 7) is 0. The highest BCUT2D eigenvalue weighted by Crippen LogP contribution is 2.49. The lowest BCUT2D eigenvalue weighted by molar-refractivity contribution is 0.0110. The van der Waals surface area contributed by atoms with Gasteiger partial charge in [-0.25, -0.2) is 4.79 Å². The summed E-state index contributed by atoms with van der Waals surface area (Å²) in [6, 6.07) is 10.1. The molecule has 2 heterocycles. The largest absolute Gasteiger partial charge is 0.497 e. The lowest BCUT2D eigenvalue weighted by Crippen LogP contribution is -2.38. The van der Waals surface area contributed by atoms with Crippen LogP contribution in [-0.4, -0.2) is 26.0 Å². The van der Waals surface area contributed by atoms with Crippen molar-refractivity contribution in [2.75, 3.05) is 19.5 Å². The van der Waals surface area contributed by atoms with Crippen LogP contribution in [0.3, 0.4) is 0 Å². The molecule has 1 spiro atoms. The SMILES string of the molecule is COc1cc2c(c(OC)c1)C(=O)C1(N2)OC(=O)c2ccccc21. The normalized spacial score (nSPS) is 20.8. The summed E-state index contributed by atoms with van der Waals surface area (Å²) in [5, 5.41) is 3.04. The molecular formula is C17H13NO5. The van der Waals surface area contributed by atoms with Crippen LogP contribution in [0.1, 0.15) is 26.3 Å². The monoisotopic (exact) mass is 311 g/mol. The zero-order valence-electron chi connectivity index (χ0n) is 12.5. The lowest BCUT2D eigenvalue weighted by Gasteiger charge is -2.22. The fourth-order valence-electron chi connectivity index (χ4n) is 3.10. The fraction of sp³-hybridized carbons (Fsp3) is 0.176. The van der Waals surface area contributed by atoms with Crippen molar-refractivity contribution in [2.45, 2.75) is 5.72 Å². The highest BCUT2D eigenvalue weighted by Gasteiger charge is 2.57. The molecule has 2 aliphatic heterocycles. The van der Waals surface area contributed by atoms with Crippen molar-refractivity contribution in [3.8, 4) is 11.5 Å². The van der Waals surface area contributed by atoms with Crippen molar-refractivity contribution < 1.29 is 23.8 Å². The molecule has 2 aliphatic rings. The Morgan fingerprint density at radius 2 is 1.87 bits per heavy atom. The molecule has 0 bridgehead atoms. The number of carbonyl (C=O) groups excluding carboxylic acids is 2. The van der Waals surface area contributed by atoms with E-state index in [2.05, 4.69) is 5.32 Å². The summed E-state index contributed by atoms with van der Waals surface area (Å²) >= 11 is 0. The van der Waals surface area contributed by atoms with Crippen molar-refractivity contribution in [2.24, 2.45) is 0 Å². The first-order chi connectivity index (χ1) is 11.1. The number of benzene rings is 2. The summed E-state index contributed by atoms with van der Waals surface area (Å²) in [6.07, 6.45) is 0. The Kier molecular flexibility index (Phi) is 2.66. The average molecular weight is 311 g/mol. The van der Waals surface area contributed by atoms with E-state index in [1.807, 2.05) is 0 Å². The maximum atomic E-state index is 13.0. The van der Waals surface area contributed by atoms with Crippen LogP contribution in [0.25, 0.3) is 0 Å². The Morgan fingerprint density at radius 1 is 1.09 bits per heavy atom. The van der Waals surface area contributed by atoms with Crippen LogP contribution < -0.4 is 14.8 Å². The molecule has 0 fully saturated rings. The minimum absolute atomic E-state index is 0.345. The minimum atomic E-state index is -1.53. The summed E-state index contributed by atoms with van der Waals surface area (Å²) < 4.78 is 16.0. The van der Waals surface area contributed by atoms with Gasteiger partial charge in [0, 0.05) is 17.7 Å². The fourth-order valence-corrected chi connectivity index (χ4v) is 3.10. The molecule has 0 saturated heterocycles. The molecule has 0 saturated carbocycles. The molecule has 1 atom stereocenters. The number of fused-ring (bicyclic) bond motifs is 3.